The molecular formula is C15H25N3O. The normalized spacial score (nSPS) is 21.3. The maximum Gasteiger partial charge on any atom is 0.160 e. The lowest BCUT2D eigenvalue weighted by Gasteiger charge is -2.41. The zero-order valence-corrected chi connectivity index (χ0v) is 12.3. The van der Waals surface area contributed by atoms with Gasteiger partial charge in [0, 0.05) is 25.4 Å². The summed E-state index contributed by atoms with van der Waals surface area (Å²) >= 11 is 0. The standard InChI is InChI=1S/C15H25N3O/c1-14(2)6-8-15(19-3,9-7-14)13-17-11-5-12(18-13)4-10-16/h5,11H,4,6-10,16H2,1-3H3. The lowest BCUT2D eigenvalue weighted by Crippen LogP contribution is -2.38. The van der Waals surface area contributed by atoms with Crippen molar-refractivity contribution in [2.24, 2.45) is 11.1 Å². The third kappa shape index (κ3) is 3.12. The lowest BCUT2D eigenvalue weighted by atomic mass is 9.70. The molecule has 0 bridgehead atoms. The SMILES string of the molecule is COC1(c2nccc(CCN)n2)CCC(C)(C)CC1. The van der Waals surface area contributed by atoms with Gasteiger partial charge >= 0.3 is 0 Å². The fraction of sp³-hybridized carbons (Fsp3) is 0.733. The molecular weight excluding hydrogens is 238 g/mol. The molecule has 0 spiro atoms. The largest absolute Gasteiger partial charge is 0.370 e. The zero-order valence-electron chi connectivity index (χ0n) is 12.3. The van der Waals surface area contributed by atoms with Gasteiger partial charge in [0.25, 0.3) is 0 Å². The summed E-state index contributed by atoms with van der Waals surface area (Å²) in [6, 6.07) is 1.94. The highest BCUT2D eigenvalue weighted by Crippen LogP contribution is 2.45. The van der Waals surface area contributed by atoms with Crippen molar-refractivity contribution in [3.05, 3.63) is 23.8 Å². The molecule has 2 N–H and O–H groups in total. The van der Waals surface area contributed by atoms with Gasteiger partial charge < -0.3 is 10.5 Å². The van der Waals surface area contributed by atoms with Gasteiger partial charge in [-0.1, -0.05) is 13.8 Å². The summed E-state index contributed by atoms with van der Waals surface area (Å²) in [6.45, 7) is 5.25. The Morgan fingerprint density at radius 1 is 1.26 bits per heavy atom. The van der Waals surface area contributed by atoms with E-state index in [0.717, 1.165) is 43.6 Å². The average Bonchev–Trinajstić information content (AvgIpc) is 2.40. The lowest BCUT2D eigenvalue weighted by molar-refractivity contribution is -0.0730. The molecule has 4 nitrogen and oxygen atoms in total. The number of aromatic nitrogens is 2. The van der Waals surface area contributed by atoms with Crippen LogP contribution in [0.2, 0.25) is 0 Å². The molecule has 0 aromatic carbocycles. The summed E-state index contributed by atoms with van der Waals surface area (Å²) in [5.74, 6) is 0.830. The van der Waals surface area contributed by atoms with E-state index < -0.39 is 0 Å². The molecule has 19 heavy (non-hydrogen) atoms. The highest BCUT2D eigenvalue weighted by Gasteiger charge is 2.42. The molecule has 1 fully saturated rings. The van der Waals surface area contributed by atoms with Crippen LogP contribution in [0.25, 0.3) is 0 Å². The molecule has 1 aliphatic rings. The number of hydrogen-bond donors (Lipinski definition) is 1. The molecule has 0 aliphatic heterocycles. The van der Waals surface area contributed by atoms with Gasteiger partial charge in [0.15, 0.2) is 5.82 Å². The molecule has 1 aromatic heterocycles. The summed E-state index contributed by atoms with van der Waals surface area (Å²) in [5, 5.41) is 0. The molecule has 0 radical (unpaired) electrons. The van der Waals surface area contributed by atoms with E-state index in [1.54, 1.807) is 7.11 Å². The van der Waals surface area contributed by atoms with E-state index in [9.17, 15) is 0 Å². The summed E-state index contributed by atoms with van der Waals surface area (Å²) in [4.78, 5) is 9.12. The van der Waals surface area contributed by atoms with Gasteiger partial charge in [-0.15, -0.1) is 0 Å². The van der Waals surface area contributed by atoms with E-state index in [0.29, 0.717) is 12.0 Å². The second-order valence-electron chi connectivity index (χ2n) is 6.27. The third-order valence-corrected chi connectivity index (χ3v) is 4.32. The first-order valence-electron chi connectivity index (χ1n) is 7.09. The van der Waals surface area contributed by atoms with Crippen molar-refractivity contribution in [3.8, 4) is 0 Å². The minimum absolute atomic E-state index is 0.305. The summed E-state index contributed by atoms with van der Waals surface area (Å²) in [6.07, 6.45) is 6.89. The van der Waals surface area contributed by atoms with Crippen LogP contribution in [0.5, 0.6) is 0 Å². The molecule has 1 aliphatic carbocycles. The summed E-state index contributed by atoms with van der Waals surface area (Å²) in [5.41, 5.74) is 6.70. The Kier molecular flexibility index (Phi) is 4.21. The Labute approximate surface area is 115 Å². The van der Waals surface area contributed by atoms with Crippen molar-refractivity contribution < 1.29 is 4.74 Å². The van der Waals surface area contributed by atoms with Crippen molar-refractivity contribution in [3.63, 3.8) is 0 Å². The number of hydrogen-bond acceptors (Lipinski definition) is 4. The fourth-order valence-corrected chi connectivity index (χ4v) is 2.75. The average molecular weight is 263 g/mol. The second-order valence-corrected chi connectivity index (χ2v) is 6.27. The molecule has 0 saturated heterocycles. The van der Waals surface area contributed by atoms with Crippen LogP contribution in [-0.2, 0) is 16.8 Å². The van der Waals surface area contributed by atoms with Crippen LogP contribution in [0.3, 0.4) is 0 Å². The van der Waals surface area contributed by atoms with Crippen molar-refractivity contribution in [2.45, 2.75) is 51.6 Å². The maximum atomic E-state index is 5.84. The van der Waals surface area contributed by atoms with Crippen LogP contribution < -0.4 is 5.73 Å². The van der Waals surface area contributed by atoms with E-state index >= 15 is 0 Å². The first-order chi connectivity index (χ1) is 9.01. The van der Waals surface area contributed by atoms with Crippen molar-refractivity contribution in [2.75, 3.05) is 13.7 Å². The smallest absolute Gasteiger partial charge is 0.160 e. The monoisotopic (exact) mass is 263 g/mol. The minimum Gasteiger partial charge on any atom is -0.370 e. The Bertz CT molecular complexity index is 421. The topological polar surface area (TPSA) is 61.0 Å². The van der Waals surface area contributed by atoms with Crippen LogP contribution in [0.15, 0.2) is 12.3 Å². The Morgan fingerprint density at radius 2 is 1.95 bits per heavy atom. The van der Waals surface area contributed by atoms with Gasteiger partial charge in [0.2, 0.25) is 0 Å². The summed E-state index contributed by atoms with van der Waals surface area (Å²) in [7, 11) is 1.78. The molecule has 106 valence electrons. The van der Waals surface area contributed by atoms with Crippen LogP contribution >= 0.6 is 0 Å². The first-order valence-corrected chi connectivity index (χ1v) is 7.09. The van der Waals surface area contributed by atoms with Gasteiger partial charge in [-0.25, -0.2) is 9.97 Å². The molecule has 2 rings (SSSR count). The van der Waals surface area contributed by atoms with E-state index in [2.05, 4.69) is 23.8 Å². The Balaban J connectivity index is 2.24. The molecule has 0 atom stereocenters. The maximum absolute atomic E-state index is 5.84. The Morgan fingerprint density at radius 3 is 2.53 bits per heavy atom. The molecule has 0 unspecified atom stereocenters. The van der Waals surface area contributed by atoms with Crippen molar-refractivity contribution in [1.29, 1.82) is 0 Å². The first kappa shape index (κ1) is 14.4. The van der Waals surface area contributed by atoms with E-state index in [1.807, 2.05) is 12.3 Å². The van der Waals surface area contributed by atoms with E-state index in [1.165, 1.54) is 0 Å². The molecule has 1 aromatic rings. The van der Waals surface area contributed by atoms with Gasteiger partial charge in [0.1, 0.15) is 5.60 Å². The Hall–Kier alpha value is -1.00. The van der Waals surface area contributed by atoms with Gasteiger partial charge in [0.05, 0.1) is 0 Å². The molecule has 4 heteroatoms. The number of nitrogens with zero attached hydrogens (tertiary/aromatic N) is 2. The number of ether oxygens (including phenoxy) is 1. The van der Waals surface area contributed by atoms with Crippen LogP contribution in [-0.4, -0.2) is 23.6 Å². The van der Waals surface area contributed by atoms with E-state index in [-0.39, 0.29) is 5.60 Å². The highest BCUT2D eigenvalue weighted by molar-refractivity contribution is 5.11. The fourth-order valence-electron chi connectivity index (χ4n) is 2.75. The second kappa shape index (κ2) is 5.55. The van der Waals surface area contributed by atoms with Crippen LogP contribution in [0.1, 0.15) is 51.0 Å². The van der Waals surface area contributed by atoms with Crippen molar-refractivity contribution >= 4 is 0 Å². The van der Waals surface area contributed by atoms with Crippen LogP contribution in [0.4, 0.5) is 0 Å². The molecule has 1 saturated carbocycles. The molecule has 0 amide bonds. The minimum atomic E-state index is -0.305. The zero-order chi connectivity index (χ0) is 13.9. The summed E-state index contributed by atoms with van der Waals surface area (Å²) < 4.78 is 5.84. The molecule has 1 heterocycles. The quantitative estimate of drug-likeness (QED) is 0.906. The predicted molar refractivity (Wildman–Crippen MR) is 75.7 cm³/mol. The number of rotatable bonds is 4. The highest BCUT2D eigenvalue weighted by atomic mass is 16.5. The number of methoxy groups -OCH3 is 1. The van der Waals surface area contributed by atoms with Crippen LogP contribution in [0, 0.1) is 5.41 Å². The third-order valence-electron chi connectivity index (χ3n) is 4.32. The van der Waals surface area contributed by atoms with Crippen molar-refractivity contribution in [1.82, 2.24) is 9.97 Å². The number of nitrogens with two attached hydrogens (primary N) is 1. The van der Waals surface area contributed by atoms with E-state index in [4.69, 9.17) is 10.5 Å². The predicted octanol–water partition coefficient (Wildman–Crippen LogP) is 2.42. The van der Waals surface area contributed by atoms with Gasteiger partial charge in [-0.3, -0.25) is 0 Å². The van der Waals surface area contributed by atoms with Gasteiger partial charge in [-0.05, 0) is 43.7 Å². The van der Waals surface area contributed by atoms with Gasteiger partial charge in [-0.2, -0.15) is 0 Å².